The molecule has 2 heterocycles. The van der Waals surface area contributed by atoms with Gasteiger partial charge in [-0.3, -0.25) is 4.79 Å². The largest absolute Gasteiger partial charge is 0.394 e. The maximum Gasteiger partial charge on any atom is 0.263 e. The second-order valence-corrected chi connectivity index (χ2v) is 5.65. The van der Waals surface area contributed by atoms with Crippen LogP contribution < -0.4 is 5.32 Å². The number of carbonyl (C=O) groups is 1. The number of aliphatic hydroxyl groups is 1. The molecule has 0 radical (unpaired) electrons. The van der Waals surface area contributed by atoms with Gasteiger partial charge in [-0.15, -0.1) is 11.3 Å². The van der Waals surface area contributed by atoms with Crippen molar-refractivity contribution >= 4 is 17.2 Å². The van der Waals surface area contributed by atoms with Crippen molar-refractivity contribution in [2.45, 2.75) is 19.9 Å². The predicted octanol–water partition coefficient (Wildman–Crippen LogP) is 2.29. The van der Waals surface area contributed by atoms with Crippen LogP contribution in [-0.4, -0.2) is 28.2 Å². The van der Waals surface area contributed by atoms with E-state index in [9.17, 15) is 9.90 Å². The monoisotopic (exact) mass is 278 g/mol. The van der Waals surface area contributed by atoms with Crippen LogP contribution in [0, 0.1) is 5.92 Å². The molecule has 102 valence electrons. The van der Waals surface area contributed by atoms with E-state index in [0.717, 1.165) is 5.69 Å². The van der Waals surface area contributed by atoms with Crippen LogP contribution in [0.2, 0.25) is 0 Å². The van der Waals surface area contributed by atoms with Crippen LogP contribution in [0.3, 0.4) is 0 Å². The van der Waals surface area contributed by atoms with E-state index >= 15 is 0 Å². The van der Waals surface area contributed by atoms with Crippen LogP contribution in [0.25, 0.3) is 5.69 Å². The van der Waals surface area contributed by atoms with Gasteiger partial charge in [0.15, 0.2) is 0 Å². The fourth-order valence-electron chi connectivity index (χ4n) is 1.83. The molecule has 2 rings (SSSR count). The van der Waals surface area contributed by atoms with Gasteiger partial charge < -0.3 is 15.0 Å². The molecular weight excluding hydrogens is 260 g/mol. The molecule has 0 saturated heterocycles. The highest BCUT2D eigenvalue weighted by Gasteiger charge is 2.19. The van der Waals surface area contributed by atoms with E-state index in [2.05, 4.69) is 5.32 Å². The van der Waals surface area contributed by atoms with Crippen molar-refractivity contribution < 1.29 is 9.90 Å². The normalized spacial score (nSPS) is 12.6. The van der Waals surface area contributed by atoms with Crippen molar-refractivity contribution in [2.24, 2.45) is 5.92 Å². The highest BCUT2D eigenvalue weighted by Crippen LogP contribution is 2.21. The first kappa shape index (κ1) is 13.8. The number of nitrogens with one attached hydrogen (secondary N) is 1. The van der Waals surface area contributed by atoms with Gasteiger partial charge in [-0.1, -0.05) is 13.8 Å². The van der Waals surface area contributed by atoms with Gasteiger partial charge in [0.1, 0.15) is 4.88 Å². The van der Waals surface area contributed by atoms with Gasteiger partial charge in [-0.2, -0.15) is 0 Å². The minimum atomic E-state index is -0.216. The molecule has 19 heavy (non-hydrogen) atoms. The number of carbonyl (C=O) groups excluding carboxylic acids is 1. The van der Waals surface area contributed by atoms with Crippen LogP contribution >= 0.6 is 11.3 Å². The second-order valence-electron chi connectivity index (χ2n) is 4.73. The standard InChI is InChI=1S/C14H18N2O2S/c1-10(2)11(9-17)15-14(18)13-12(5-8-19-13)16-6-3-4-7-16/h3-8,10-11,17H,9H2,1-2H3,(H,15,18)/t11-/m1/s1. The number of nitrogens with zero attached hydrogens (tertiary/aromatic N) is 1. The average molecular weight is 278 g/mol. The lowest BCUT2D eigenvalue weighted by molar-refractivity contribution is 0.0901. The molecule has 0 spiro atoms. The highest BCUT2D eigenvalue weighted by atomic mass is 32.1. The lowest BCUT2D eigenvalue weighted by atomic mass is 10.1. The molecule has 4 nitrogen and oxygen atoms in total. The van der Waals surface area contributed by atoms with Crippen molar-refractivity contribution in [3.8, 4) is 5.69 Å². The number of hydrogen-bond donors (Lipinski definition) is 2. The Balaban J connectivity index is 2.19. The minimum Gasteiger partial charge on any atom is -0.394 e. The highest BCUT2D eigenvalue weighted by molar-refractivity contribution is 7.12. The number of aliphatic hydroxyl groups excluding tert-OH is 1. The summed E-state index contributed by atoms with van der Waals surface area (Å²) in [6, 6.07) is 5.55. The van der Waals surface area contributed by atoms with Crippen LogP contribution in [0.15, 0.2) is 36.0 Å². The van der Waals surface area contributed by atoms with Gasteiger partial charge in [0, 0.05) is 12.4 Å². The quantitative estimate of drug-likeness (QED) is 0.881. The maximum absolute atomic E-state index is 12.3. The average Bonchev–Trinajstić information content (AvgIpc) is 3.03. The van der Waals surface area contributed by atoms with Gasteiger partial charge in [0.25, 0.3) is 5.91 Å². The van der Waals surface area contributed by atoms with Crippen LogP contribution in [0.5, 0.6) is 0 Å². The number of amides is 1. The molecule has 0 aliphatic rings. The molecule has 2 aromatic heterocycles. The van der Waals surface area contributed by atoms with Gasteiger partial charge in [0.2, 0.25) is 0 Å². The predicted molar refractivity (Wildman–Crippen MR) is 76.8 cm³/mol. The SMILES string of the molecule is CC(C)[C@@H](CO)NC(=O)c1sccc1-n1cccc1. The smallest absolute Gasteiger partial charge is 0.263 e. The summed E-state index contributed by atoms with van der Waals surface area (Å²) in [6.45, 7) is 3.90. The molecular formula is C14H18N2O2S. The van der Waals surface area contributed by atoms with Gasteiger partial charge in [0.05, 0.1) is 18.3 Å². The Hall–Kier alpha value is -1.59. The number of rotatable bonds is 5. The first-order valence-corrected chi connectivity index (χ1v) is 7.14. The molecule has 0 bridgehead atoms. The Labute approximate surface area is 116 Å². The summed E-state index contributed by atoms with van der Waals surface area (Å²) in [7, 11) is 0. The van der Waals surface area contributed by atoms with Gasteiger partial charge in [-0.25, -0.2) is 0 Å². The van der Waals surface area contributed by atoms with Crippen molar-refractivity contribution in [1.82, 2.24) is 9.88 Å². The molecule has 1 amide bonds. The Kier molecular flexibility index (Phi) is 4.39. The fraction of sp³-hybridized carbons (Fsp3) is 0.357. The number of aromatic nitrogens is 1. The van der Waals surface area contributed by atoms with Crippen molar-refractivity contribution in [1.29, 1.82) is 0 Å². The van der Waals surface area contributed by atoms with E-state index in [0.29, 0.717) is 4.88 Å². The Bertz CT molecular complexity index is 531. The molecule has 0 aromatic carbocycles. The summed E-state index contributed by atoms with van der Waals surface area (Å²) in [4.78, 5) is 12.9. The maximum atomic E-state index is 12.3. The van der Waals surface area contributed by atoms with E-state index in [1.54, 1.807) is 0 Å². The zero-order valence-corrected chi connectivity index (χ0v) is 11.9. The lowest BCUT2D eigenvalue weighted by Gasteiger charge is -2.19. The van der Waals surface area contributed by atoms with Gasteiger partial charge in [-0.05, 0) is 29.5 Å². The third-order valence-corrected chi connectivity index (χ3v) is 3.95. The third-order valence-electron chi connectivity index (χ3n) is 3.05. The summed E-state index contributed by atoms with van der Waals surface area (Å²) in [6.07, 6.45) is 3.82. The topological polar surface area (TPSA) is 54.3 Å². The van der Waals surface area contributed by atoms with E-state index in [-0.39, 0.29) is 24.5 Å². The molecule has 0 saturated carbocycles. The van der Waals surface area contributed by atoms with Crippen LogP contribution in [0.4, 0.5) is 0 Å². The molecule has 0 aliphatic carbocycles. The number of thiophene rings is 1. The van der Waals surface area contributed by atoms with Gasteiger partial charge >= 0.3 is 0 Å². The van der Waals surface area contributed by atoms with E-state index < -0.39 is 0 Å². The van der Waals surface area contributed by atoms with Crippen LogP contribution in [0.1, 0.15) is 23.5 Å². The van der Waals surface area contributed by atoms with Crippen molar-refractivity contribution in [3.05, 3.63) is 40.8 Å². The molecule has 0 unspecified atom stereocenters. The summed E-state index contributed by atoms with van der Waals surface area (Å²) < 4.78 is 1.91. The first-order valence-electron chi connectivity index (χ1n) is 6.26. The fourth-order valence-corrected chi connectivity index (χ4v) is 2.62. The Morgan fingerprint density at radius 3 is 2.68 bits per heavy atom. The molecule has 5 heteroatoms. The zero-order chi connectivity index (χ0) is 13.8. The Morgan fingerprint density at radius 1 is 1.42 bits per heavy atom. The van der Waals surface area contributed by atoms with Crippen molar-refractivity contribution in [3.63, 3.8) is 0 Å². The summed E-state index contributed by atoms with van der Waals surface area (Å²) in [5, 5.41) is 14.1. The van der Waals surface area contributed by atoms with E-state index in [1.807, 2.05) is 54.4 Å². The summed E-state index contributed by atoms with van der Waals surface area (Å²) >= 11 is 1.41. The third kappa shape index (κ3) is 3.05. The van der Waals surface area contributed by atoms with Crippen LogP contribution in [-0.2, 0) is 0 Å². The van der Waals surface area contributed by atoms with Crippen molar-refractivity contribution in [2.75, 3.05) is 6.61 Å². The molecule has 0 aliphatic heterocycles. The summed E-state index contributed by atoms with van der Waals surface area (Å²) in [5.74, 6) is 0.0652. The molecule has 2 aromatic rings. The molecule has 2 N–H and O–H groups in total. The minimum absolute atomic E-state index is 0.0480. The first-order chi connectivity index (χ1) is 9.13. The number of hydrogen-bond acceptors (Lipinski definition) is 3. The Morgan fingerprint density at radius 2 is 2.11 bits per heavy atom. The zero-order valence-electron chi connectivity index (χ0n) is 11.0. The second kappa shape index (κ2) is 6.04. The lowest BCUT2D eigenvalue weighted by Crippen LogP contribution is -2.41. The molecule has 1 atom stereocenters. The molecule has 0 fully saturated rings. The van der Waals surface area contributed by atoms with E-state index in [1.165, 1.54) is 11.3 Å². The van der Waals surface area contributed by atoms with E-state index in [4.69, 9.17) is 0 Å². The summed E-state index contributed by atoms with van der Waals surface area (Å²) in [5.41, 5.74) is 0.868.